The molecule has 0 N–H and O–H groups in total. The molecule has 19 heavy (non-hydrogen) atoms. The molecule has 0 aromatic carbocycles. The van der Waals surface area contributed by atoms with Crippen LogP contribution in [0, 0.1) is 5.92 Å². The lowest BCUT2D eigenvalue weighted by atomic mass is 9.75. The topological polar surface area (TPSA) is 23.6 Å². The summed E-state index contributed by atoms with van der Waals surface area (Å²) in [6.07, 6.45) is 9.98. The molecule has 0 aromatic rings. The van der Waals surface area contributed by atoms with Gasteiger partial charge in [0.2, 0.25) is 0 Å². The molecule has 0 amide bonds. The van der Waals surface area contributed by atoms with Crippen LogP contribution in [0.3, 0.4) is 0 Å². The molecule has 0 atom stereocenters. The van der Waals surface area contributed by atoms with E-state index >= 15 is 0 Å². The summed E-state index contributed by atoms with van der Waals surface area (Å²) in [5.41, 5.74) is 0.335. The van der Waals surface area contributed by atoms with Gasteiger partial charge in [-0.15, -0.1) is 0 Å². The highest BCUT2D eigenvalue weighted by Gasteiger charge is 2.40. The summed E-state index contributed by atoms with van der Waals surface area (Å²) >= 11 is 0. The molecule has 2 rings (SSSR count). The number of ketones is 1. The summed E-state index contributed by atoms with van der Waals surface area (Å²) in [6, 6.07) is 0. The van der Waals surface area contributed by atoms with E-state index in [1.165, 1.54) is 38.5 Å². The molecule has 0 spiro atoms. The van der Waals surface area contributed by atoms with Gasteiger partial charge in [-0.1, -0.05) is 19.3 Å². The van der Waals surface area contributed by atoms with Crippen molar-refractivity contribution in [3.05, 3.63) is 0 Å². The van der Waals surface area contributed by atoms with Crippen LogP contribution in [0.15, 0.2) is 0 Å². The zero-order chi connectivity index (χ0) is 13.9. The third-order valence-corrected chi connectivity index (χ3v) is 5.28. The molecule has 3 heteroatoms. The van der Waals surface area contributed by atoms with Crippen LogP contribution in [0.1, 0.15) is 51.4 Å². The van der Waals surface area contributed by atoms with E-state index in [0.29, 0.717) is 23.8 Å². The average Bonchev–Trinajstić information content (AvgIpc) is 2.34. The summed E-state index contributed by atoms with van der Waals surface area (Å²) in [6.45, 7) is 1.69. The predicted octanol–water partition coefficient (Wildman–Crippen LogP) is 2.55. The Labute approximate surface area is 118 Å². The fourth-order valence-corrected chi connectivity index (χ4v) is 3.71. The van der Waals surface area contributed by atoms with Gasteiger partial charge in [0.25, 0.3) is 0 Å². The Morgan fingerprint density at radius 3 is 2.16 bits per heavy atom. The van der Waals surface area contributed by atoms with Gasteiger partial charge in [-0.25, -0.2) is 0 Å². The fraction of sp³-hybridized carbons (Fsp3) is 0.938. The van der Waals surface area contributed by atoms with Crippen molar-refractivity contribution in [3.63, 3.8) is 0 Å². The molecule has 0 heterocycles. The van der Waals surface area contributed by atoms with Gasteiger partial charge in [0, 0.05) is 18.0 Å². The first-order valence-electron chi connectivity index (χ1n) is 7.92. The largest absolute Gasteiger partial charge is 0.302 e. The van der Waals surface area contributed by atoms with Gasteiger partial charge >= 0.3 is 0 Å². The van der Waals surface area contributed by atoms with E-state index in [1.807, 2.05) is 0 Å². The van der Waals surface area contributed by atoms with Crippen LogP contribution >= 0.6 is 0 Å². The zero-order valence-corrected chi connectivity index (χ0v) is 13.0. The maximum absolute atomic E-state index is 12.3. The highest BCUT2D eigenvalue weighted by atomic mass is 16.1. The Hall–Kier alpha value is -0.410. The van der Waals surface area contributed by atoms with Crippen molar-refractivity contribution >= 4 is 5.78 Å². The van der Waals surface area contributed by atoms with Gasteiger partial charge in [0.15, 0.2) is 0 Å². The summed E-state index contributed by atoms with van der Waals surface area (Å²) in [7, 11) is 6.47. The summed E-state index contributed by atoms with van der Waals surface area (Å²) in [4.78, 5) is 16.9. The number of nitrogens with zero attached hydrogens (tertiary/aromatic N) is 2. The second-order valence-corrected chi connectivity index (χ2v) is 6.95. The Bertz CT molecular complexity index is 304. The minimum Gasteiger partial charge on any atom is -0.302 e. The SMILES string of the molecule is CN(CC(=O)C1CCCCC1)CC1(N(C)C)CCC1. The van der Waals surface area contributed by atoms with Crippen LogP contribution in [0.2, 0.25) is 0 Å². The van der Waals surface area contributed by atoms with Crippen molar-refractivity contribution in [2.75, 3.05) is 34.2 Å². The molecule has 0 aliphatic heterocycles. The second-order valence-electron chi connectivity index (χ2n) is 6.95. The highest BCUT2D eigenvalue weighted by molar-refractivity contribution is 5.83. The lowest BCUT2D eigenvalue weighted by Crippen LogP contribution is -2.57. The van der Waals surface area contributed by atoms with E-state index in [-0.39, 0.29) is 0 Å². The fourth-order valence-electron chi connectivity index (χ4n) is 3.71. The van der Waals surface area contributed by atoms with Crippen LogP contribution in [-0.4, -0.2) is 55.4 Å². The molecule has 0 unspecified atom stereocenters. The van der Waals surface area contributed by atoms with Gasteiger partial charge in [-0.2, -0.15) is 0 Å². The van der Waals surface area contributed by atoms with Crippen molar-refractivity contribution in [2.45, 2.75) is 56.9 Å². The number of hydrogen-bond donors (Lipinski definition) is 0. The molecule has 0 aromatic heterocycles. The first-order chi connectivity index (χ1) is 9.03. The molecule has 0 bridgehead atoms. The summed E-state index contributed by atoms with van der Waals surface area (Å²) in [5, 5.41) is 0. The normalized spacial score (nSPS) is 23.6. The zero-order valence-electron chi connectivity index (χ0n) is 13.0. The number of likely N-dealkylation sites (N-methyl/N-ethyl adjacent to an activating group) is 2. The smallest absolute Gasteiger partial charge is 0.149 e. The molecule has 2 aliphatic carbocycles. The van der Waals surface area contributed by atoms with E-state index in [4.69, 9.17) is 0 Å². The van der Waals surface area contributed by atoms with E-state index in [2.05, 4.69) is 30.9 Å². The highest BCUT2D eigenvalue weighted by Crippen LogP contribution is 2.36. The van der Waals surface area contributed by atoms with Gasteiger partial charge < -0.3 is 4.90 Å². The molecule has 0 radical (unpaired) electrons. The molecule has 110 valence electrons. The lowest BCUT2D eigenvalue weighted by Gasteiger charge is -2.49. The quantitative estimate of drug-likeness (QED) is 0.738. The Kier molecular flexibility index (Phi) is 5.02. The number of hydrogen-bond acceptors (Lipinski definition) is 3. The van der Waals surface area contributed by atoms with Crippen molar-refractivity contribution in [3.8, 4) is 0 Å². The number of carbonyl (C=O) groups is 1. The number of carbonyl (C=O) groups excluding carboxylic acids is 1. The van der Waals surface area contributed by atoms with Crippen molar-refractivity contribution in [1.29, 1.82) is 0 Å². The first-order valence-corrected chi connectivity index (χ1v) is 7.92. The van der Waals surface area contributed by atoms with Gasteiger partial charge in [-0.3, -0.25) is 9.69 Å². The van der Waals surface area contributed by atoms with Crippen molar-refractivity contribution in [1.82, 2.24) is 9.80 Å². The maximum atomic E-state index is 12.3. The van der Waals surface area contributed by atoms with Crippen molar-refractivity contribution < 1.29 is 4.79 Å². The van der Waals surface area contributed by atoms with E-state index in [0.717, 1.165) is 19.4 Å². The van der Waals surface area contributed by atoms with Crippen molar-refractivity contribution in [2.24, 2.45) is 5.92 Å². The van der Waals surface area contributed by atoms with Crippen LogP contribution in [-0.2, 0) is 4.79 Å². The second kappa shape index (κ2) is 6.36. The Balaban J connectivity index is 1.80. The third kappa shape index (κ3) is 3.57. The lowest BCUT2D eigenvalue weighted by molar-refractivity contribution is -0.125. The summed E-state index contributed by atoms with van der Waals surface area (Å²) < 4.78 is 0. The minimum atomic E-state index is 0.335. The molecule has 3 nitrogen and oxygen atoms in total. The van der Waals surface area contributed by atoms with Gasteiger partial charge in [0.05, 0.1) is 6.54 Å². The molecule has 2 saturated carbocycles. The van der Waals surface area contributed by atoms with Crippen LogP contribution in [0.4, 0.5) is 0 Å². The summed E-state index contributed by atoms with van der Waals surface area (Å²) in [5.74, 6) is 0.836. The first kappa shape index (κ1) is 15.0. The Morgan fingerprint density at radius 2 is 1.68 bits per heavy atom. The Morgan fingerprint density at radius 1 is 1.05 bits per heavy atom. The number of rotatable bonds is 6. The van der Waals surface area contributed by atoms with Crippen LogP contribution in [0.25, 0.3) is 0 Å². The monoisotopic (exact) mass is 266 g/mol. The molecular formula is C16H30N2O. The van der Waals surface area contributed by atoms with Crippen LogP contribution in [0.5, 0.6) is 0 Å². The molecule has 2 aliphatic rings. The average molecular weight is 266 g/mol. The van der Waals surface area contributed by atoms with Gasteiger partial charge in [-0.05, 0) is 53.2 Å². The van der Waals surface area contributed by atoms with Crippen LogP contribution < -0.4 is 0 Å². The molecular weight excluding hydrogens is 236 g/mol. The standard InChI is InChI=1S/C16H30N2O/c1-17(2)16(10-7-11-16)13-18(3)12-15(19)14-8-5-4-6-9-14/h14H,4-13H2,1-3H3. The third-order valence-electron chi connectivity index (χ3n) is 5.28. The van der Waals surface area contributed by atoms with E-state index in [1.54, 1.807) is 0 Å². The molecule has 2 fully saturated rings. The number of Topliss-reactive ketones (excluding diaryl/α,β-unsaturated/α-hetero) is 1. The maximum Gasteiger partial charge on any atom is 0.149 e. The minimum absolute atomic E-state index is 0.335. The van der Waals surface area contributed by atoms with E-state index in [9.17, 15) is 4.79 Å². The predicted molar refractivity (Wildman–Crippen MR) is 79.3 cm³/mol. The molecule has 0 saturated heterocycles. The van der Waals surface area contributed by atoms with E-state index < -0.39 is 0 Å². The van der Waals surface area contributed by atoms with Gasteiger partial charge in [0.1, 0.15) is 5.78 Å².